The Hall–Kier alpha value is -7.82. The number of aromatic nitrogens is 4. The molecule has 0 aliphatic carbocycles. The van der Waals surface area contributed by atoms with E-state index >= 15 is 0 Å². The SMILES string of the molecule is CC(C)(C)c1ccc2c(c1)c1cc(C(C)(C)C)ccc1n2-c1ccc2c3c4c5cc(C(C)(C)C)cc(C(C)(C)C)c5n5c6cc(-n7c8ccc(C(C)(C)C)cc8c8cc(C(C)(C)C)ccc87)ccc6c(c6c7cc(C(C)(C)C)cc(C(C)(C)C)c7n(c2c1)c36)c45. The fourth-order valence-corrected chi connectivity index (χ4v) is 15.6. The lowest BCUT2D eigenvalue weighted by Gasteiger charge is -2.26. The molecule has 0 atom stereocenters. The topological polar surface area (TPSA) is 18.7 Å². The molecular formula is C86H94N4. The van der Waals surface area contributed by atoms with E-state index < -0.39 is 0 Å². The second kappa shape index (κ2) is 18.0. The van der Waals surface area contributed by atoms with Gasteiger partial charge in [-0.2, -0.15) is 0 Å². The number of nitrogens with zero attached hydrogens (tertiary/aromatic N) is 4. The molecule has 6 aromatic heterocycles. The highest BCUT2D eigenvalue weighted by Gasteiger charge is 2.36. The average Bonchev–Trinajstić information content (AvgIpc) is 1.48. The van der Waals surface area contributed by atoms with Gasteiger partial charge in [0.1, 0.15) is 0 Å². The van der Waals surface area contributed by atoms with E-state index in [1.54, 1.807) is 0 Å². The lowest BCUT2D eigenvalue weighted by atomic mass is 9.79. The first-order valence-electron chi connectivity index (χ1n) is 33.4. The highest BCUT2D eigenvalue weighted by Crippen LogP contribution is 2.56. The van der Waals surface area contributed by atoms with Gasteiger partial charge in [-0.05, 0) is 173 Å². The van der Waals surface area contributed by atoms with Gasteiger partial charge in [0, 0.05) is 76.0 Å². The summed E-state index contributed by atoms with van der Waals surface area (Å²) in [5, 5.41) is 15.9. The first-order chi connectivity index (χ1) is 41.7. The second-order valence-corrected chi connectivity index (χ2v) is 35.7. The van der Waals surface area contributed by atoms with Crippen LogP contribution >= 0.6 is 0 Å². The maximum Gasteiger partial charge on any atom is 0.0634 e. The maximum absolute atomic E-state index is 2.76. The van der Waals surface area contributed by atoms with Crippen LogP contribution in [-0.2, 0) is 43.3 Å². The van der Waals surface area contributed by atoms with Crippen LogP contribution < -0.4 is 0 Å². The summed E-state index contributed by atoms with van der Waals surface area (Å²) in [5.41, 5.74) is 25.4. The lowest BCUT2D eigenvalue weighted by Crippen LogP contribution is -2.17. The van der Waals surface area contributed by atoms with Gasteiger partial charge in [-0.25, -0.2) is 0 Å². The van der Waals surface area contributed by atoms with Crippen molar-refractivity contribution in [1.82, 2.24) is 17.9 Å². The number of benzene rings is 9. The van der Waals surface area contributed by atoms with Crippen LogP contribution in [0.4, 0.5) is 0 Å². The molecule has 0 saturated heterocycles. The van der Waals surface area contributed by atoms with Crippen molar-refractivity contribution in [2.75, 3.05) is 0 Å². The summed E-state index contributed by atoms with van der Waals surface area (Å²) in [6.07, 6.45) is 0. The third-order valence-corrected chi connectivity index (χ3v) is 20.9. The van der Waals surface area contributed by atoms with Gasteiger partial charge in [0.25, 0.3) is 0 Å². The van der Waals surface area contributed by atoms with Crippen LogP contribution in [0.3, 0.4) is 0 Å². The van der Waals surface area contributed by atoms with Gasteiger partial charge >= 0.3 is 0 Å². The van der Waals surface area contributed by atoms with Crippen LogP contribution in [0.15, 0.2) is 133 Å². The van der Waals surface area contributed by atoms with Crippen molar-refractivity contribution >= 4 is 120 Å². The molecule has 0 aliphatic rings. The van der Waals surface area contributed by atoms with E-state index in [0.29, 0.717) is 0 Å². The van der Waals surface area contributed by atoms with Crippen molar-refractivity contribution in [3.63, 3.8) is 0 Å². The molecule has 4 nitrogen and oxygen atoms in total. The molecular weight excluding hydrogens is 1090 g/mol. The van der Waals surface area contributed by atoms with Crippen LogP contribution in [0.2, 0.25) is 0 Å². The zero-order valence-corrected chi connectivity index (χ0v) is 58.5. The summed E-state index contributed by atoms with van der Waals surface area (Å²) in [7, 11) is 0. The Morgan fingerprint density at radius 1 is 0.200 bits per heavy atom. The monoisotopic (exact) mass is 1180 g/mol. The van der Waals surface area contributed by atoms with Gasteiger partial charge in [0.05, 0.1) is 55.2 Å². The highest BCUT2D eigenvalue weighted by molar-refractivity contribution is 6.45. The molecule has 4 heteroatoms. The number of rotatable bonds is 2. The standard InChI is InChI=1S/C86H94N4/c1-79(2,3)47-25-33-65-57(37-47)58-38-48(80(4,5)6)26-34-66(58)87(65)53-29-31-55-69(45-53)89-75-61(41-51(83(13,14)15)43-63(75)85(19,20)21)74-72-56-32-30-54(88-67-35-27-49(81(7,8)9)39-59(67)60-40-50(82(10,11)12)28-36-68(60)88)46-70(56)90-76-62(73(78(72)90)71(55)77(74)89)42-52(84(16,17)18)44-64(76)86(22,23)24/h25-46H,1-24H3. The van der Waals surface area contributed by atoms with Crippen molar-refractivity contribution in [1.29, 1.82) is 0 Å². The highest BCUT2D eigenvalue weighted by atomic mass is 15.0. The molecule has 0 bridgehead atoms. The molecule has 0 spiro atoms. The minimum Gasteiger partial charge on any atom is -0.309 e. The maximum atomic E-state index is 2.76. The Morgan fingerprint density at radius 3 is 0.711 bits per heavy atom. The molecule has 15 aromatic rings. The number of fused-ring (bicyclic) bond motifs is 20. The molecule has 0 amide bonds. The van der Waals surface area contributed by atoms with Crippen LogP contribution in [0.1, 0.15) is 211 Å². The third-order valence-electron chi connectivity index (χ3n) is 20.9. The van der Waals surface area contributed by atoms with Gasteiger partial charge in [-0.3, -0.25) is 0 Å². The van der Waals surface area contributed by atoms with Gasteiger partial charge in [0.2, 0.25) is 0 Å². The Morgan fingerprint density at radius 2 is 0.456 bits per heavy atom. The first-order valence-corrected chi connectivity index (χ1v) is 33.4. The Labute approximate surface area is 533 Å². The summed E-state index contributed by atoms with van der Waals surface area (Å²) < 4.78 is 10.7. The Kier molecular flexibility index (Phi) is 11.7. The molecule has 0 saturated carbocycles. The molecule has 90 heavy (non-hydrogen) atoms. The van der Waals surface area contributed by atoms with E-state index in [4.69, 9.17) is 0 Å². The number of hydrogen-bond donors (Lipinski definition) is 0. The van der Waals surface area contributed by atoms with Crippen molar-refractivity contribution in [2.24, 2.45) is 0 Å². The largest absolute Gasteiger partial charge is 0.309 e. The molecule has 458 valence electrons. The van der Waals surface area contributed by atoms with Crippen molar-refractivity contribution < 1.29 is 0 Å². The molecule has 0 aliphatic heterocycles. The Balaban J connectivity index is 1.16. The Bertz CT molecular complexity index is 5080. The summed E-state index contributed by atoms with van der Waals surface area (Å²) in [5.74, 6) is 0. The van der Waals surface area contributed by atoms with Gasteiger partial charge < -0.3 is 17.9 Å². The van der Waals surface area contributed by atoms with E-state index in [0.717, 1.165) is 0 Å². The van der Waals surface area contributed by atoms with Gasteiger partial charge in [-0.15, -0.1) is 0 Å². The quantitative estimate of drug-likeness (QED) is 0.164. The van der Waals surface area contributed by atoms with Crippen molar-refractivity contribution in [2.45, 2.75) is 209 Å². The minimum atomic E-state index is -0.183. The van der Waals surface area contributed by atoms with E-state index in [9.17, 15) is 0 Å². The number of hydrogen-bond acceptors (Lipinski definition) is 0. The van der Waals surface area contributed by atoms with E-state index in [-0.39, 0.29) is 43.3 Å². The van der Waals surface area contributed by atoms with Crippen LogP contribution in [0.5, 0.6) is 0 Å². The fourth-order valence-electron chi connectivity index (χ4n) is 15.6. The molecule has 0 unspecified atom stereocenters. The van der Waals surface area contributed by atoms with Crippen LogP contribution in [0.25, 0.3) is 131 Å². The molecule has 0 radical (unpaired) electrons. The average molecular weight is 1180 g/mol. The first kappa shape index (κ1) is 58.5. The predicted molar refractivity (Wildman–Crippen MR) is 394 cm³/mol. The van der Waals surface area contributed by atoms with E-state index in [2.05, 4.69) is 318 Å². The second-order valence-electron chi connectivity index (χ2n) is 35.7. The molecule has 6 heterocycles. The molecule has 0 N–H and O–H groups in total. The normalized spacial score (nSPS) is 14.2. The zero-order chi connectivity index (χ0) is 64.3. The molecule has 9 aromatic carbocycles. The predicted octanol–water partition coefficient (Wildman–Crippen LogP) is 24.6. The third kappa shape index (κ3) is 8.29. The summed E-state index contributed by atoms with van der Waals surface area (Å²) in [6, 6.07) is 54.4. The fraction of sp³-hybridized carbons (Fsp3) is 0.372. The van der Waals surface area contributed by atoms with Crippen molar-refractivity contribution in [3.05, 3.63) is 178 Å². The summed E-state index contributed by atoms with van der Waals surface area (Å²) >= 11 is 0. The van der Waals surface area contributed by atoms with E-state index in [1.165, 1.54) is 176 Å². The molecule has 15 rings (SSSR count). The van der Waals surface area contributed by atoms with Crippen LogP contribution in [-0.4, -0.2) is 17.9 Å². The summed E-state index contributed by atoms with van der Waals surface area (Å²) in [6.45, 7) is 57.0. The van der Waals surface area contributed by atoms with Gasteiger partial charge in [-0.1, -0.05) is 215 Å². The molecule has 0 fully saturated rings. The van der Waals surface area contributed by atoms with Gasteiger partial charge in [0.15, 0.2) is 0 Å². The summed E-state index contributed by atoms with van der Waals surface area (Å²) in [4.78, 5) is 0. The lowest BCUT2D eigenvalue weighted by molar-refractivity contribution is 0.571. The zero-order valence-electron chi connectivity index (χ0n) is 58.5. The minimum absolute atomic E-state index is 0.00190. The smallest absolute Gasteiger partial charge is 0.0634 e. The van der Waals surface area contributed by atoms with Crippen LogP contribution in [0, 0.1) is 0 Å². The van der Waals surface area contributed by atoms with E-state index in [1.807, 2.05) is 0 Å². The van der Waals surface area contributed by atoms with Crippen molar-refractivity contribution in [3.8, 4) is 11.4 Å².